The van der Waals surface area contributed by atoms with Gasteiger partial charge in [-0.25, -0.2) is 4.98 Å². The van der Waals surface area contributed by atoms with E-state index in [1.165, 1.54) is 0 Å². The first-order valence-corrected chi connectivity index (χ1v) is 4.86. The van der Waals surface area contributed by atoms with Crippen LogP contribution in [0.25, 0.3) is 5.65 Å². The number of carboxylic acids is 1. The zero-order valence-corrected chi connectivity index (χ0v) is 9.10. The maximum Gasteiger partial charge on any atom is 0.309 e. The fraction of sp³-hybridized carbons (Fsp3) is 0.273. The van der Waals surface area contributed by atoms with Crippen LogP contribution in [0.1, 0.15) is 11.4 Å². The molecule has 5 nitrogen and oxygen atoms in total. The Balaban J connectivity index is 2.66. The van der Waals surface area contributed by atoms with Crippen LogP contribution in [0.5, 0.6) is 5.75 Å². The Hall–Kier alpha value is -2.04. The second-order valence-electron chi connectivity index (χ2n) is 3.48. The molecule has 2 rings (SSSR count). The molecule has 0 aromatic carbocycles. The van der Waals surface area contributed by atoms with E-state index in [-0.39, 0.29) is 6.42 Å². The van der Waals surface area contributed by atoms with Crippen LogP contribution in [0.3, 0.4) is 0 Å². The number of aryl methyl sites for hydroxylation is 1. The van der Waals surface area contributed by atoms with E-state index in [4.69, 9.17) is 9.84 Å². The molecule has 0 saturated carbocycles. The van der Waals surface area contributed by atoms with Crippen LogP contribution in [-0.4, -0.2) is 27.6 Å². The van der Waals surface area contributed by atoms with Gasteiger partial charge in [0, 0.05) is 6.20 Å². The molecule has 84 valence electrons. The standard InChI is InChI=1S/C11H12N2O3/c1-7-8(6-10(14)15)13-5-3-4-9(16-2)11(13)12-7/h3-5H,6H2,1-2H3,(H,14,15). The SMILES string of the molecule is COc1cccn2c(CC(=O)O)c(C)nc12. The van der Waals surface area contributed by atoms with Gasteiger partial charge in [0.15, 0.2) is 11.4 Å². The summed E-state index contributed by atoms with van der Waals surface area (Å²) in [7, 11) is 1.57. The molecule has 0 radical (unpaired) electrons. The van der Waals surface area contributed by atoms with E-state index >= 15 is 0 Å². The van der Waals surface area contributed by atoms with Crippen molar-refractivity contribution in [2.75, 3.05) is 7.11 Å². The Morgan fingerprint density at radius 2 is 2.38 bits per heavy atom. The number of nitrogens with zero attached hydrogens (tertiary/aromatic N) is 2. The summed E-state index contributed by atoms with van der Waals surface area (Å²) in [5, 5.41) is 8.82. The minimum absolute atomic E-state index is 0.0415. The highest BCUT2D eigenvalue weighted by molar-refractivity contribution is 5.71. The summed E-state index contributed by atoms with van der Waals surface area (Å²) >= 11 is 0. The van der Waals surface area contributed by atoms with Crippen molar-refractivity contribution in [1.82, 2.24) is 9.38 Å². The maximum absolute atomic E-state index is 10.7. The zero-order valence-electron chi connectivity index (χ0n) is 9.10. The van der Waals surface area contributed by atoms with E-state index in [0.717, 1.165) is 0 Å². The molecule has 0 atom stereocenters. The lowest BCUT2D eigenvalue weighted by molar-refractivity contribution is -0.136. The average Bonchev–Trinajstić information content (AvgIpc) is 2.55. The number of hydrogen-bond acceptors (Lipinski definition) is 3. The fourth-order valence-electron chi connectivity index (χ4n) is 1.72. The van der Waals surface area contributed by atoms with Gasteiger partial charge in [-0.05, 0) is 19.1 Å². The molecule has 16 heavy (non-hydrogen) atoms. The van der Waals surface area contributed by atoms with Gasteiger partial charge in [-0.3, -0.25) is 4.79 Å². The van der Waals surface area contributed by atoms with Gasteiger partial charge in [-0.1, -0.05) is 0 Å². The number of fused-ring (bicyclic) bond motifs is 1. The first-order valence-electron chi connectivity index (χ1n) is 4.86. The van der Waals surface area contributed by atoms with Crippen molar-refractivity contribution >= 4 is 11.6 Å². The lowest BCUT2D eigenvalue weighted by atomic mass is 10.2. The Morgan fingerprint density at radius 1 is 1.62 bits per heavy atom. The number of ether oxygens (including phenoxy) is 1. The minimum Gasteiger partial charge on any atom is -0.493 e. The van der Waals surface area contributed by atoms with E-state index in [9.17, 15) is 4.79 Å². The topological polar surface area (TPSA) is 63.8 Å². The van der Waals surface area contributed by atoms with Gasteiger partial charge in [0.1, 0.15) is 0 Å². The third kappa shape index (κ3) is 1.60. The van der Waals surface area contributed by atoms with Gasteiger partial charge in [-0.2, -0.15) is 0 Å². The highest BCUT2D eigenvalue weighted by Gasteiger charge is 2.14. The molecule has 2 heterocycles. The lowest BCUT2D eigenvalue weighted by Gasteiger charge is -2.03. The molecule has 0 fully saturated rings. The summed E-state index contributed by atoms with van der Waals surface area (Å²) in [5.41, 5.74) is 2.05. The van der Waals surface area contributed by atoms with E-state index in [1.54, 1.807) is 36.8 Å². The van der Waals surface area contributed by atoms with Crippen molar-refractivity contribution in [2.45, 2.75) is 13.3 Å². The molecule has 0 saturated heterocycles. The van der Waals surface area contributed by atoms with Crippen molar-refractivity contribution in [3.8, 4) is 5.75 Å². The number of pyridine rings is 1. The lowest BCUT2D eigenvalue weighted by Crippen LogP contribution is -2.04. The number of carboxylic acid groups (broad SMARTS) is 1. The summed E-state index contributed by atoms with van der Waals surface area (Å²) in [6.07, 6.45) is 1.75. The van der Waals surface area contributed by atoms with Crippen molar-refractivity contribution in [1.29, 1.82) is 0 Å². The van der Waals surface area contributed by atoms with Crippen molar-refractivity contribution in [2.24, 2.45) is 0 Å². The summed E-state index contributed by atoms with van der Waals surface area (Å²) in [4.78, 5) is 15.1. The molecule has 0 aliphatic heterocycles. The molecule has 1 N–H and O–H groups in total. The third-order valence-corrected chi connectivity index (χ3v) is 2.45. The number of hydrogen-bond donors (Lipinski definition) is 1. The van der Waals surface area contributed by atoms with Crippen molar-refractivity contribution < 1.29 is 14.6 Å². The van der Waals surface area contributed by atoms with Crippen LogP contribution >= 0.6 is 0 Å². The molecule has 0 unspecified atom stereocenters. The Labute approximate surface area is 92.3 Å². The summed E-state index contributed by atoms with van der Waals surface area (Å²) in [5.74, 6) is -0.227. The third-order valence-electron chi connectivity index (χ3n) is 2.45. The van der Waals surface area contributed by atoms with Crippen LogP contribution < -0.4 is 4.74 Å². The Kier molecular flexibility index (Phi) is 2.52. The van der Waals surface area contributed by atoms with E-state index in [0.29, 0.717) is 22.8 Å². The second kappa shape index (κ2) is 3.84. The monoisotopic (exact) mass is 220 g/mol. The first kappa shape index (κ1) is 10.5. The largest absolute Gasteiger partial charge is 0.493 e. The Bertz CT molecular complexity index is 545. The van der Waals surface area contributed by atoms with E-state index < -0.39 is 5.97 Å². The van der Waals surface area contributed by atoms with Crippen LogP contribution in [-0.2, 0) is 11.2 Å². The number of carbonyl (C=O) groups is 1. The molecular weight excluding hydrogens is 208 g/mol. The fourth-order valence-corrected chi connectivity index (χ4v) is 1.72. The van der Waals surface area contributed by atoms with E-state index in [1.807, 2.05) is 0 Å². The number of aromatic nitrogens is 2. The molecule has 0 spiro atoms. The van der Waals surface area contributed by atoms with Crippen molar-refractivity contribution in [3.05, 3.63) is 29.7 Å². The van der Waals surface area contributed by atoms with Gasteiger partial charge in [-0.15, -0.1) is 0 Å². The molecule has 0 bridgehead atoms. The maximum atomic E-state index is 10.7. The summed E-state index contributed by atoms with van der Waals surface area (Å²) in [6, 6.07) is 3.60. The zero-order chi connectivity index (χ0) is 11.7. The number of aliphatic carboxylic acids is 1. The van der Waals surface area contributed by atoms with Gasteiger partial charge in [0.25, 0.3) is 0 Å². The molecule has 5 heteroatoms. The summed E-state index contributed by atoms with van der Waals surface area (Å²) in [6.45, 7) is 1.80. The normalized spacial score (nSPS) is 10.6. The number of methoxy groups -OCH3 is 1. The van der Waals surface area contributed by atoms with Crippen molar-refractivity contribution in [3.63, 3.8) is 0 Å². The number of imidazole rings is 1. The summed E-state index contributed by atoms with van der Waals surface area (Å²) < 4.78 is 6.92. The highest BCUT2D eigenvalue weighted by Crippen LogP contribution is 2.21. The molecular formula is C11H12N2O3. The highest BCUT2D eigenvalue weighted by atomic mass is 16.5. The van der Waals surface area contributed by atoms with Gasteiger partial charge < -0.3 is 14.2 Å². The molecule has 0 aliphatic carbocycles. The predicted octanol–water partition coefficient (Wildman–Crippen LogP) is 1.28. The molecule has 0 amide bonds. The average molecular weight is 220 g/mol. The first-order chi connectivity index (χ1) is 7.63. The number of rotatable bonds is 3. The van der Waals surface area contributed by atoms with Crippen LogP contribution in [0, 0.1) is 6.92 Å². The Morgan fingerprint density at radius 3 is 3.00 bits per heavy atom. The molecule has 0 aliphatic rings. The van der Waals surface area contributed by atoms with Gasteiger partial charge >= 0.3 is 5.97 Å². The smallest absolute Gasteiger partial charge is 0.309 e. The minimum atomic E-state index is -0.868. The second-order valence-corrected chi connectivity index (χ2v) is 3.48. The predicted molar refractivity (Wildman–Crippen MR) is 57.8 cm³/mol. The quantitative estimate of drug-likeness (QED) is 0.846. The van der Waals surface area contributed by atoms with Crippen LogP contribution in [0.15, 0.2) is 18.3 Å². The molecule has 2 aromatic rings. The van der Waals surface area contributed by atoms with Gasteiger partial charge in [0.2, 0.25) is 0 Å². The van der Waals surface area contributed by atoms with E-state index in [2.05, 4.69) is 4.98 Å². The van der Waals surface area contributed by atoms with Gasteiger partial charge in [0.05, 0.1) is 24.9 Å². The van der Waals surface area contributed by atoms with Crippen LogP contribution in [0.4, 0.5) is 0 Å². The molecule has 2 aromatic heterocycles. The van der Waals surface area contributed by atoms with Crippen LogP contribution in [0.2, 0.25) is 0 Å².